The van der Waals surface area contributed by atoms with Gasteiger partial charge in [0.25, 0.3) is 0 Å². The second-order valence-corrected chi connectivity index (χ2v) is 4.46. The van der Waals surface area contributed by atoms with E-state index >= 15 is 0 Å². The lowest BCUT2D eigenvalue weighted by molar-refractivity contribution is -0.386. The highest BCUT2D eigenvalue weighted by Gasteiger charge is 2.19. The molecular formula is C10H4BrClFN3O3. The summed E-state index contributed by atoms with van der Waals surface area (Å²) in [4.78, 5) is 17.1. The maximum absolute atomic E-state index is 13.3. The fourth-order valence-corrected chi connectivity index (χ4v) is 1.56. The van der Waals surface area contributed by atoms with Gasteiger partial charge in [-0.15, -0.1) is 0 Å². The molecule has 0 atom stereocenters. The summed E-state index contributed by atoms with van der Waals surface area (Å²) in [7, 11) is 0. The first-order valence-electron chi connectivity index (χ1n) is 4.77. The molecule has 0 aliphatic carbocycles. The third-order valence-corrected chi connectivity index (χ3v) is 2.83. The Balaban J connectivity index is 2.39. The molecular weight excluding hydrogens is 344 g/mol. The van der Waals surface area contributed by atoms with E-state index in [0.717, 1.165) is 12.3 Å². The molecule has 0 unspecified atom stereocenters. The van der Waals surface area contributed by atoms with E-state index in [1.165, 1.54) is 12.1 Å². The molecule has 1 heterocycles. The minimum Gasteiger partial charge on any atom is -0.433 e. The molecule has 0 N–H and O–H groups in total. The summed E-state index contributed by atoms with van der Waals surface area (Å²) in [5.74, 6) is -0.870. The number of nitrogens with zero attached hydrogens (tertiary/aromatic N) is 3. The van der Waals surface area contributed by atoms with E-state index in [1.807, 2.05) is 0 Å². The largest absolute Gasteiger partial charge is 0.433 e. The van der Waals surface area contributed by atoms with Gasteiger partial charge in [0.1, 0.15) is 17.8 Å². The van der Waals surface area contributed by atoms with E-state index in [0.29, 0.717) is 0 Å². The average Bonchev–Trinajstić information content (AvgIpc) is 2.33. The van der Waals surface area contributed by atoms with Crippen LogP contribution in [0.1, 0.15) is 0 Å². The summed E-state index contributed by atoms with van der Waals surface area (Å²) in [5, 5.41) is 10.6. The zero-order valence-electron chi connectivity index (χ0n) is 9.01. The molecule has 0 saturated carbocycles. The first-order valence-corrected chi connectivity index (χ1v) is 5.94. The molecule has 0 radical (unpaired) electrons. The smallest absolute Gasteiger partial charge is 0.349 e. The lowest BCUT2D eigenvalue weighted by Gasteiger charge is -2.05. The fourth-order valence-electron chi connectivity index (χ4n) is 1.19. The van der Waals surface area contributed by atoms with Gasteiger partial charge in [0.2, 0.25) is 5.28 Å². The molecule has 98 valence electrons. The van der Waals surface area contributed by atoms with E-state index in [9.17, 15) is 14.5 Å². The highest BCUT2D eigenvalue weighted by atomic mass is 79.9. The van der Waals surface area contributed by atoms with E-state index < -0.39 is 16.4 Å². The second kappa shape index (κ2) is 5.45. The molecule has 2 aromatic rings. The van der Waals surface area contributed by atoms with Crippen molar-refractivity contribution >= 4 is 33.2 Å². The standard InChI is InChI=1S/C10H4BrClFN3O3/c11-6-2-1-5(3-7(6)13)19-9-8(16(17)18)4-14-10(12)15-9/h1-4H. The average molecular weight is 349 g/mol. The van der Waals surface area contributed by atoms with Crippen LogP contribution in [0.25, 0.3) is 0 Å². The van der Waals surface area contributed by atoms with Crippen molar-refractivity contribution in [1.29, 1.82) is 0 Å². The highest BCUT2D eigenvalue weighted by molar-refractivity contribution is 9.10. The summed E-state index contributed by atoms with van der Waals surface area (Å²) in [6.45, 7) is 0. The summed E-state index contributed by atoms with van der Waals surface area (Å²) in [6, 6.07) is 3.88. The minimum atomic E-state index is -0.721. The summed E-state index contributed by atoms with van der Waals surface area (Å²) < 4.78 is 18.7. The van der Waals surface area contributed by atoms with Crippen LogP contribution in [0.5, 0.6) is 11.6 Å². The zero-order chi connectivity index (χ0) is 14.0. The number of rotatable bonds is 3. The molecule has 0 saturated heterocycles. The van der Waals surface area contributed by atoms with Crippen molar-refractivity contribution in [2.45, 2.75) is 0 Å². The maximum Gasteiger partial charge on any atom is 0.349 e. The molecule has 9 heteroatoms. The van der Waals surface area contributed by atoms with Crippen LogP contribution in [0.2, 0.25) is 5.28 Å². The molecule has 19 heavy (non-hydrogen) atoms. The van der Waals surface area contributed by atoms with Crippen LogP contribution in [0.15, 0.2) is 28.9 Å². The molecule has 0 aliphatic rings. The van der Waals surface area contributed by atoms with Gasteiger partial charge in [0.15, 0.2) is 0 Å². The molecule has 0 bridgehead atoms. The summed E-state index contributed by atoms with van der Waals surface area (Å²) in [5.41, 5.74) is -0.465. The van der Waals surface area contributed by atoms with Crippen LogP contribution in [-0.4, -0.2) is 14.9 Å². The van der Waals surface area contributed by atoms with Crippen LogP contribution in [-0.2, 0) is 0 Å². The van der Waals surface area contributed by atoms with E-state index in [2.05, 4.69) is 25.9 Å². The van der Waals surface area contributed by atoms with Gasteiger partial charge in [0.05, 0.1) is 9.40 Å². The Labute approximate surface area is 119 Å². The zero-order valence-corrected chi connectivity index (χ0v) is 11.4. The number of ether oxygens (including phenoxy) is 1. The predicted molar refractivity (Wildman–Crippen MR) is 67.9 cm³/mol. The van der Waals surface area contributed by atoms with Gasteiger partial charge in [-0.25, -0.2) is 9.37 Å². The normalized spacial score (nSPS) is 10.3. The van der Waals surface area contributed by atoms with Gasteiger partial charge in [0, 0.05) is 6.07 Å². The Morgan fingerprint density at radius 3 is 2.84 bits per heavy atom. The quantitative estimate of drug-likeness (QED) is 0.480. The van der Waals surface area contributed by atoms with E-state index in [1.54, 1.807) is 0 Å². The van der Waals surface area contributed by atoms with Gasteiger partial charge in [-0.3, -0.25) is 10.1 Å². The number of aromatic nitrogens is 2. The SMILES string of the molecule is O=[N+]([O-])c1cnc(Cl)nc1Oc1ccc(Br)c(F)c1. The number of halogens is 3. The van der Waals surface area contributed by atoms with Gasteiger partial charge in [-0.05, 0) is 39.7 Å². The number of hydrogen-bond donors (Lipinski definition) is 0. The van der Waals surface area contributed by atoms with Gasteiger partial charge in [-0.1, -0.05) is 0 Å². The summed E-state index contributed by atoms with van der Waals surface area (Å²) >= 11 is 8.52. The van der Waals surface area contributed by atoms with Crippen molar-refractivity contribution in [3.63, 3.8) is 0 Å². The third-order valence-electron chi connectivity index (χ3n) is 2.01. The molecule has 0 spiro atoms. The Hall–Kier alpha value is -1.80. The number of hydrogen-bond acceptors (Lipinski definition) is 5. The Morgan fingerprint density at radius 2 is 2.21 bits per heavy atom. The van der Waals surface area contributed by atoms with Crippen LogP contribution in [0.4, 0.5) is 10.1 Å². The highest BCUT2D eigenvalue weighted by Crippen LogP contribution is 2.30. The topological polar surface area (TPSA) is 78.2 Å². The van der Waals surface area contributed by atoms with Crippen LogP contribution < -0.4 is 4.74 Å². The molecule has 6 nitrogen and oxygen atoms in total. The molecule has 0 amide bonds. The van der Waals surface area contributed by atoms with Crippen molar-refractivity contribution in [3.8, 4) is 11.6 Å². The van der Waals surface area contributed by atoms with E-state index in [-0.39, 0.29) is 21.4 Å². The van der Waals surface area contributed by atoms with E-state index in [4.69, 9.17) is 16.3 Å². The van der Waals surface area contributed by atoms with Crippen LogP contribution >= 0.6 is 27.5 Å². The van der Waals surface area contributed by atoms with Gasteiger partial charge < -0.3 is 4.74 Å². The van der Waals surface area contributed by atoms with Crippen molar-refractivity contribution in [2.75, 3.05) is 0 Å². The summed E-state index contributed by atoms with van der Waals surface area (Å²) in [6.07, 6.45) is 0.917. The van der Waals surface area contributed by atoms with Crippen molar-refractivity contribution in [3.05, 3.63) is 50.1 Å². The Bertz CT molecular complexity index is 656. The molecule has 0 aliphatic heterocycles. The van der Waals surface area contributed by atoms with Crippen molar-refractivity contribution < 1.29 is 14.1 Å². The fraction of sp³-hybridized carbons (Fsp3) is 0. The third kappa shape index (κ3) is 3.15. The van der Waals surface area contributed by atoms with Gasteiger partial charge >= 0.3 is 11.6 Å². The monoisotopic (exact) mass is 347 g/mol. The molecule has 1 aromatic heterocycles. The molecule has 1 aromatic carbocycles. The maximum atomic E-state index is 13.3. The predicted octanol–water partition coefficient (Wildman–Crippen LogP) is 3.73. The number of nitro groups is 1. The van der Waals surface area contributed by atoms with Crippen LogP contribution in [0.3, 0.4) is 0 Å². The lowest BCUT2D eigenvalue weighted by Crippen LogP contribution is -1.98. The van der Waals surface area contributed by atoms with Crippen molar-refractivity contribution in [2.24, 2.45) is 0 Å². The minimum absolute atomic E-state index is 0.0542. The van der Waals surface area contributed by atoms with Gasteiger partial charge in [-0.2, -0.15) is 4.98 Å². The number of benzene rings is 1. The molecule has 0 fully saturated rings. The first kappa shape index (κ1) is 13.6. The Morgan fingerprint density at radius 1 is 1.47 bits per heavy atom. The second-order valence-electron chi connectivity index (χ2n) is 3.26. The first-order chi connectivity index (χ1) is 8.97. The van der Waals surface area contributed by atoms with Crippen molar-refractivity contribution in [1.82, 2.24) is 9.97 Å². The van der Waals surface area contributed by atoms with Crippen LogP contribution in [0, 0.1) is 15.9 Å². The lowest BCUT2D eigenvalue weighted by atomic mass is 10.3. The Kier molecular flexibility index (Phi) is 3.91. The molecule has 2 rings (SSSR count).